The molecule has 0 radical (unpaired) electrons. The van der Waals surface area contributed by atoms with Crippen molar-refractivity contribution in [2.75, 3.05) is 5.32 Å². The van der Waals surface area contributed by atoms with Crippen LogP contribution in [0.4, 0.5) is 5.69 Å². The van der Waals surface area contributed by atoms with Crippen molar-refractivity contribution in [2.24, 2.45) is 5.92 Å². The average molecular weight is 441 g/mol. The monoisotopic (exact) mass is 440 g/mol. The fourth-order valence-electron chi connectivity index (χ4n) is 6.07. The number of carbonyl (C=O) groups excluding carboxylic acids is 1. The Kier molecular flexibility index (Phi) is 6.03. The second-order valence-electron chi connectivity index (χ2n) is 9.82. The molecule has 2 aromatic carbocycles. The average Bonchev–Trinajstić information content (AvgIpc) is 2.84. The molecule has 0 spiro atoms. The zero-order valence-electron chi connectivity index (χ0n) is 19.3. The number of amides is 1. The number of hydrogen-bond donors (Lipinski definition) is 2. The predicted molar refractivity (Wildman–Crippen MR) is 131 cm³/mol. The maximum Gasteiger partial charge on any atom is 0.255 e. The highest BCUT2D eigenvalue weighted by molar-refractivity contribution is 6.04. The number of pyridine rings is 1. The molecule has 0 aliphatic heterocycles. The molecule has 2 N–H and O–H groups in total. The van der Waals surface area contributed by atoms with Gasteiger partial charge in [0, 0.05) is 11.8 Å². The maximum atomic E-state index is 13.0. The van der Waals surface area contributed by atoms with Crippen molar-refractivity contribution in [3.8, 4) is 0 Å². The highest BCUT2D eigenvalue weighted by Gasteiger charge is 2.47. The first-order valence-electron chi connectivity index (χ1n) is 12.1. The molecule has 1 heterocycles. The Labute approximate surface area is 196 Å². The van der Waals surface area contributed by atoms with E-state index in [4.69, 9.17) is 0 Å². The lowest BCUT2D eigenvalue weighted by Gasteiger charge is -2.50. The Morgan fingerprint density at radius 1 is 1.15 bits per heavy atom. The third kappa shape index (κ3) is 4.32. The van der Waals surface area contributed by atoms with E-state index in [0.29, 0.717) is 11.5 Å². The van der Waals surface area contributed by atoms with Crippen LogP contribution < -0.4 is 5.32 Å². The van der Waals surface area contributed by atoms with Gasteiger partial charge in [-0.1, -0.05) is 36.4 Å². The Bertz CT molecular complexity index is 1140. The van der Waals surface area contributed by atoms with Gasteiger partial charge in [-0.15, -0.1) is 0 Å². The van der Waals surface area contributed by atoms with Crippen molar-refractivity contribution >= 4 is 11.6 Å². The normalized spacial score (nSPS) is 23.9. The predicted octanol–water partition coefficient (Wildman–Crippen LogP) is 5.62. The lowest BCUT2D eigenvalue weighted by Crippen LogP contribution is -2.45. The van der Waals surface area contributed by atoms with E-state index in [-0.39, 0.29) is 17.4 Å². The summed E-state index contributed by atoms with van der Waals surface area (Å²) in [4.78, 5) is 17.1. The molecule has 0 bridgehead atoms. The van der Waals surface area contributed by atoms with E-state index in [9.17, 15) is 9.90 Å². The molecule has 1 aromatic heterocycles. The Balaban J connectivity index is 1.44. The van der Waals surface area contributed by atoms with Crippen molar-refractivity contribution in [2.45, 2.75) is 63.4 Å². The van der Waals surface area contributed by atoms with Crippen molar-refractivity contribution < 1.29 is 9.90 Å². The van der Waals surface area contributed by atoms with Crippen LogP contribution in [-0.4, -0.2) is 22.1 Å². The SMILES string of the molecule is Cc1ccncc1NC(=O)c1ccc2c(c1)CCC1C[C@H](O)CC[C@@]21CCc1ccccc1. The number of carbonyl (C=O) groups is 1. The molecule has 170 valence electrons. The first-order valence-corrected chi connectivity index (χ1v) is 12.1. The number of fused-ring (bicyclic) bond motifs is 3. The molecular weight excluding hydrogens is 408 g/mol. The van der Waals surface area contributed by atoms with E-state index in [0.717, 1.165) is 56.2 Å². The molecule has 1 fully saturated rings. The number of benzene rings is 2. The van der Waals surface area contributed by atoms with Crippen LogP contribution in [0.25, 0.3) is 0 Å². The summed E-state index contributed by atoms with van der Waals surface area (Å²) in [6.07, 6.45) is 10.2. The van der Waals surface area contributed by atoms with Crippen LogP contribution in [0.3, 0.4) is 0 Å². The fourth-order valence-corrected chi connectivity index (χ4v) is 6.07. The van der Waals surface area contributed by atoms with Crippen molar-refractivity contribution in [1.82, 2.24) is 4.98 Å². The number of aryl methyl sites for hydroxylation is 3. The minimum atomic E-state index is -0.186. The number of nitrogens with one attached hydrogen (secondary N) is 1. The van der Waals surface area contributed by atoms with E-state index in [1.54, 1.807) is 12.4 Å². The van der Waals surface area contributed by atoms with E-state index < -0.39 is 0 Å². The number of rotatable bonds is 5. The summed E-state index contributed by atoms with van der Waals surface area (Å²) in [6.45, 7) is 1.97. The summed E-state index contributed by atoms with van der Waals surface area (Å²) in [7, 11) is 0. The van der Waals surface area contributed by atoms with Crippen molar-refractivity contribution in [3.05, 3.63) is 94.8 Å². The Hall–Kier alpha value is -2.98. The zero-order valence-corrected chi connectivity index (χ0v) is 19.3. The summed E-state index contributed by atoms with van der Waals surface area (Å²) in [5.41, 5.74) is 6.59. The quantitative estimate of drug-likeness (QED) is 0.541. The summed E-state index contributed by atoms with van der Waals surface area (Å²) in [5, 5.41) is 13.4. The van der Waals surface area contributed by atoms with Gasteiger partial charge in [-0.25, -0.2) is 0 Å². The minimum absolute atomic E-state index is 0.0810. The van der Waals surface area contributed by atoms with Gasteiger partial charge in [-0.2, -0.15) is 0 Å². The molecule has 2 aliphatic carbocycles. The molecule has 33 heavy (non-hydrogen) atoms. The van der Waals surface area contributed by atoms with E-state index in [2.05, 4.69) is 52.8 Å². The number of hydrogen-bond acceptors (Lipinski definition) is 3. The lowest BCUT2D eigenvalue weighted by molar-refractivity contribution is 0.0368. The minimum Gasteiger partial charge on any atom is -0.393 e. The van der Waals surface area contributed by atoms with Gasteiger partial charge in [-0.05, 0) is 104 Å². The van der Waals surface area contributed by atoms with Crippen LogP contribution in [0.2, 0.25) is 0 Å². The Morgan fingerprint density at radius 3 is 2.82 bits per heavy atom. The molecule has 1 amide bonds. The lowest BCUT2D eigenvalue weighted by atomic mass is 9.55. The summed E-state index contributed by atoms with van der Waals surface area (Å²) >= 11 is 0. The van der Waals surface area contributed by atoms with E-state index >= 15 is 0 Å². The van der Waals surface area contributed by atoms with Crippen LogP contribution in [0.5, 0.6) is 0 Å². The molecule has 0 saturated heterocycles. The largest absolute Gasteiger partial charge is 0.393 e. The molecule has 3 atom stereocenters. The standard InChI is InChI=1S/C29H32N2O2/c1-20-13-16-30-19-27(20)31-28(33)23-8-10-26-22(17-23)7-9-24-18-25(32)12-15-29(24,26)14-11-21-5-3-2-4-6-21/h2-6,8,10,13,16-17,19,24-25,32H,7,9,11-12,14-15,18H2,1H3,(H,31,33)/t24?,25-,29-/m1/s1. The zero-order chi connectivity index (χ0) is 22.8. The third-order valence-electron chi connectivity index (χ3n) is 7.92. The topological polar surface area (TPSA) is 62.2 Å². The van der Waals surface area contributed by atoms with Gasteiger partial charge < -0.3 is 10.4 Å². The van der Waals surface area contributed by atoms with Gasteiger partial charge in [-0.3, -0.25) is 9.78 Å². The van der Waals surface area contributed by atoms with Gasteiger partial charge in [0.05, 0.1) is 18.0 Å². The maximum absolute atomic E-state index is 13.0. The smallest absolute Gasteiger partial charge is 0.255 e. The van der Waals surface area contributed by atoms with Gasteiger partial charge >= 0.3 is 0 Å². The fraction of sp³-hybridized carbons (Fsp3) is 0.379. The first kappa shape index (κ1) is 21.8. The van der Waals surface area contributed by atoms with Gasteiger partial charge in [0.2, 0.25) is 0 Å². The number of anilines is 1. The van der Waals surface area contributed by atoms with E-state index in [1.807, 2.05) is 19.1 Å². The summed E-state index contributed by atoms with van der Waals surface area (Å²) in [5.74, 6) is 0.406. The molecular formula is C29H32N2O2. The number of aromatic nitrogens is 1. The first-order chi connectivity index (χ1) is 16.0. The molecule has 1 saturated carbocycles. The summed E-state index contributed by atoms with van der Waals surface area (Å²) in [6, 6.07) is 18.9. The second-order valence-corrected chi connectivity index (χ2v) is 9.82. The summed E-state index contributed by atoms with van der Waals surface area (Å²) < 4.78 is 0. The molecule has 3 aromatic rings. The van der Waals surface area contributed by atoms with Gasteiger partial charge in [0.15, 0.2) is 0 Å². The van der Waals surface area contributed by atoms with E-state index in [1.165, 1.54) is 16.7 Å². The van der Waals surface area contributed by atoms with Crippen LogP contribution in [0, 0.1) is 12.8 Å². The molecule has 5 rings (SSSR count). The molecule has 4 heteroatoms. The van der Waals surface area contributed by atoms with Crippen LogP contribution in [0.1, 0.15) is 64.7 Å². The third-order valence-corrected chi connectivity index (χ3v) is 7.92. The van der Waals surface area contributed by atoms with Crippen LogP contribution in [-0.2, 0) is 18.3 Å². The molecule has 1 unspecified atom stereocenters. The van der Waals surface area contributed by atoms with Crippen LogP contribution in [0.15, 0.2) is 67.0 Å². The Morgan fingerprint density at radius 2 is 2.00 bits per heavy atom. The highest BCUT2D eigenvalue weighted by Crippen LogP contribution is 2.52. The van der Waals surface area contributed by atoms with Crippen LogP contribution >= 0.6 is 0 Å². The molecule has 2 aliphatic rings. The number of aliphatic hydroxyl groups is 1. The highest BCUT2D eigenvalue weighted by atomic mass is 16.3. The number of aliphatic hydroxyl groups excluding tert-OH is 1. The second kappa shape index (κ2) is 9.11. The van der Waals surface area contributed by atoms with Crippen molar-refractivity contribution in [3.63, 3.8) is 0 Å². The van der Waals surface area contributed by atoms with Gasteiger partial charge in [0.1, 0.15) is 0 Å². The van der Waals surface area contributed by atoms with Crippen molar-refractivity contribution in [1.29, 1.82) is 0 Å². The molecule has 4 nitrogen and oxygen atoms in total. The van der Waals surface area contributed by atoms with Gasteiger partial charge in [0.25, 0.3) is 5.91 Å². The number of nitrogens with zero attached hydrogens (tertiary/aromatic N) is 1.